The van der Waals surface area contributed by atoms with E-state index in [4.69, 9.17) is 5.73 Å². The average Bonchev–Trinajstić information content (AvgIpc) is 2.34. The monoisotopic (exact) mass is 271 g/mol. The lowest BCUT2D eigenvalue weighted by Crippen LogP contribution is -2.33. The third-order valence-corrected chi connectivity index (χ3v) is 3.19. The summed E-state index contributed by atoms with van der Waals surface area (Å²) < 4.78 is 27.0. The Kier molecular flexibility index (Phi) is 6.34. The topological polar surface area (TPSA) is 32.5 Å². The van der Waals surface area contributed by atoms with E-state index >= 15 is 0 Å². The van der Waals surface area contributed by atoms with Crippen LogP contribution < -0.4 is 5.73 Å². The molecule has 0 aromatic heterocycles. The van der Waals surface area contributed by atoms with Crippen LogP contribution in [0, 0.1) is 11.6 Å². The molecule has 0 amide bonds. The van der Waals surface area contributed by atoms with E-state index in [2.05, 4.69) is 4.90 Å². The fourth-order valence-corrected chi connectivity index (χ4v) is 2.11. The first-order chi connectivity index (χ1) is 8.95. The van der Waals surface area contributed by atoms with Gasteiger partial charge in [-0.15, -0.1) is 0 Å². The van der Waals surface area contributed by atoms with Gasteiger partial charge in [-0.25, -0.2) is 8.78 Å². The highest BCUT2D eigenvalue weighted by Crippen LogP contribution is 2.22. The van der Waals surface area contributed by atoms with Crippen molar-refractivity contribution in [1.29, 1.82) is 0 Å². The summed E-state index contributed by atoms with van der Waals surface area (Å²) in [6.07, 6.45) is 0.955. The Morgan fingerprint density at radius 3 is 2.42 bits per heavy atom. The molecule has 0 bridgehead atoms. The van der Waals surface area contributed by atoms with Gasteiger partial charge in [0.25, 0.3) is 0 Å². The molecule has 0 saturated carbocycles. The minimum Gasteiger partial charge on any atom is -0.329 e. The number of nitrogens with two attached hydrogens (primary N) is 1. The average molecular weight is 271 g/mol. The lowest BCUT2D eigenvalue weighted by molar-refractivity contribution is 0.230. The Hall–Kier alpha value is -1.04. The van der Waals surface area contributed by atoms with Crippen molar-refractivity contribution in [2.24, 2.45) is 5.73 Å². The predicted octanol–water partition coefficient (Wildman–Crippen LogP) is 1.85. The van der Waals surface area contributed by atoms with Crippen LogP contribution >= 0.6 is 0 Å². The molecule has 0 radical (unpaired) electrons. The van der Waals surface area contributed by atoms with Crippen molar-refractivity contribution in [3.8, 4) is 0 Å². The van der Waals surface area contributed by atoms with E-state index in [1.165, 1.54) is 6.07 Å². The first-order valence-electron chi connectivity index (χ1n) is 6.45. The van der Waals surface area contributed by atoms with Gasteiger partial charge in [-0.2, -0.15) is 0 Å². The Labute approximate surface area is 114 Å². The van der Waals surface area contributed by atoms with Gasteiger partial charge < -0.3 is 10.6 Å². The van der Waals surface area contributed by atoms with Crippen LogP contribution in [0.25, 0.3) is 0 Å². The van der Waals surface area contributed by atoms with Crippen molar-refractivity contribution in [2.75, 3.05) is 40.8 Å². The molecule has 19 heavy (non-hydrogen) atoms. The van der Waals surface area contributed by atoms with Gasteiger partial charge in [-0.05, 0) is 58.9 Å². The summed E-state index contributed by atoms with van der Waals surface area (Å²) in [5, 5.41) is 0. The maximum atomic E-state index is 13.8. The van der Waals surface area contributed by atoms with Crippen molar-refractivity contribution in [3.63, 3.8) is 0 Å². The van der Waals surface area contributed by atoms with E-state index in [9.17, 15) is 8.78 Å². The molecule has 0 fully saturated rings. The van der Waals surface area contributed by atoms with E-state index in [0.717, 1.165) is 31.6 Å². The first-order valence-corrected chi connectivity index (χ1v) is 6.45. The maximum Gasteiger partial charge on any atom is 0.128 e. The molecule has 3 nitrogen and oxygen atoms in total. The molecule has 108 valence electrons. The summed E-state index contributed by atoms with van der Waals surface area (Å²) >= 11 is 0. The zero-order valence-corrected chi connectivity index (χ0v) is 11.9. The van der Waals surface area contributed by atoms with E-state index in [1.807, 2.05) is 26.0 Å². The zero-order valence-electron chi connectivity index (χ0n) is 11.9. The lowest BCUT2D eigenvalue weighted by atomic mass is 10.0. The van der Waals surface area contributed by atoms with E-state index in [0.29, 0.717) is 5.56 Å². The van der Waals surface area contributed by atoms with Gasteiger partial charge in [0.2, 0.25) is 0 Å². The highest BCUT2D eigenvalue weighted by molar-refractivity contribution is 5.22. The van der Waals surface area contributed by atoms with E-state index in [-0.39, 0.29) is 12.6 Å². The summed E-state index contributed by atoms with van der Waals surface area (Å²) in [5.74, 6) is -0.840. The third-order valence-electron chi connectivity index (χ3n) is 3.19. The minimum absolute atomic E-state index is 0.263. The Morgan fingerprint density at radius 2 is 1.84 bits per heavy atom. The number of nitrogens with zero attached hydrogens (tertiary/aromatic N) is 2. The van der Waals surface area contributed by atoms with Crippen molar-refractivity contribution >= 4 is 0 Å². The maximum absolute atomic E-state index is 13.8. The third kappa shape index (κ3) is 4.86. The molecule has 0 aliphatic heterocycles. The van der Waals surface area contributed by atoms with Gasteiger partial charge >= 0.3 is 0 Å². The summed E-state index contributed by atoms with van der Waals surface area (Å²) in [4.78, 5) is 4.06. The zero-order chi connectivity index (χ0) is 14.4. The predicted molar refractivity (Wildman–Crippen MR) is 74.0 cm³/mol. The van der Waals surface area contributed by atoms with Crippen LogP contribution in [0.5, 0.6) is 0 Å². The molecule has 0 heterocycles. The van der Waals surface area contributed by atoms with Crippen LogP contribution in [-0.4, -0.2) is 50.6 Å². The van der Waals surface area contributed by atoms with Crippen LogP contribution in [0.4, 0.5) is 8.78 Å². The molecule has 1 aromatic carbocycles. The molecule has 0 spiro atoms. The number of hydrogen-bond acceptors (Lipinski definition) is 3. The molecule has 0 aliphatic carbocycles. The van der Waals surface area contributed by atoms with Crippen LogP contribution in [0.15, 0.2) is 18.2 Å². The van der Waals surface area contributed by atoms with Crippen molar-refractivity contribution in [2.45, 2.75) is 12.5 Å². The standard InChI is InChI=1S/C14H23F2N3/c1-18(2)7-4-8-19(3)14(10-17)12-9-11(15)5-6-13(12)16/h5-6,9,14H,4,7-8,10,17H2,1-3H3. The van der Waals surface area contributed by atoms with E-state index < -0.39 is 11.6 Å². The minimum atomic E-state index is -0.434. The van der Waals surface area contributed by atoms with Gasteiger partial charge in [0.1, 0.15) is 11.6 Å². The summed E-state index contributed by atoms with van der Waals surface area (Å²) in [6, 6.07) is 3.22. The molecular weight excluding hydrogens is 248 g/mol. The second kappa shape index (κ2) is 7.53. The SMILES string of the molecule is CN(C)CCCN(C)C(CN)c1cc(F)ccc1F. The number of benzene rings is 1. The normalized spacial score (nSPS) is 13.3. The Balaban J connectivity index is 2.73. The second-order valence-electron chi connectivity index (χ2n) is 5.05. The van der Waals surface area contributed by atoms with Gasteiger partial charge in [-0.3, -0.25) is 4.90 Å². The molecule has 1 atom stereocenters. The fraction of sp³-hybridized carbons (Fsp3) is 0.571. The summed E-state index contributed by atoms with van der Waals surface area (Å²) in [6.45, 7) is 2.00. The highest BCUT2D eigenvalue weighted by Gasteiger charge is 2.19. The number of likely N-dealkylation sites (N-methyl/N-ethyl adjacent to an activating group) is 1. The van der Waals surface area contributed by atoms with E-state index in [1.54, 1.807) is 0 Å². The molecule has 1 rings (SSSR count). The van der Waals surface area contributed by atoms with Crippen molar-refractivity contribution in [1.82, 2.24) is 9.80 Å². The van der Waals surface area contributed by atoms with Gasteiger partial charge in [0.15, 0.2) is 0 Å². The number of halogens is 2. The molecule has 5 heteroatoms. The second-order valence-corrected chi connectivity index (χ2v) is 5.05. The molecule has 1 aromatic rings. The lowest BCUT2D eigenvalue weighted by Gasteiger charge is -2.28. The molecule has 0 saturated heterocycles. The van der Waals surface area contributed by atoms with Crippen LogP contribution in [0.1, 0.15) is 18.0 Å². The van der Waals surface area contributed by atoms with Gasteiger partial charge in [0, 0.05) is 18.2 Å². The Bertz CT molecular complexity index is 396. The van der Waals surface area contributed by atoms with Crippen LogP contribution in [0.3, 0.4) is 0 Å². The number of rotatable bonds is 7. The first kappa shape index (κ1) is 16.0. The molecule has 2 N–H and O–H groups in total. The molecular formula is C14H23F2N3. The molecule has 0 aliphatic rings. The highest BCUT2D eigenvalue weighted by atomic mass is 19.1. The van der Waals surface area contributed by atoms with Crippen LogP contribution in [0.2, 0.25) is 0 Å². The van der Waals surface area contributed by atoms with Crippen LogP contribution in [-0.2, 0) is 0 Å². The smallest absolute Gasteiger partial charge is 0.128 e. The van der Waals surface area contributed by atoms with Gasteiger partial charge in [0.05, 0.1) is 0 Å². The largest absolute Gasteiger partial charge is 0.329 e. The fourth-order valence-electron chi connectivity index (χ4n) is 2.11. The Morgan fingerprint density at radius 1 is 1.16 bits per heavy atom. The number of hydrogen-bond donors (Lipinski definition) is 1. The quantitative estimate of drug-likeness (QED) is 0.821. The van der Waals surface area contributed by atoms with Gasteiger partial charge in [-0.1, -0.05) is 0 Å². The van der Waals surface area contributed by atoms with Crippen molar-refractivity contribution in [3.05, 3.63) is 35.4 Å². The summed E-state index contributed by atoms with van der Waals surface area (Å²) in [7, 11) is 5.90. The van der Waals surface area contributed by atoms with Crippen molar-refractivity contribution < 1.29 is 8.78 Å². The summed E-state index contributed by atoms with van der Waals surface area (Å²) in [5.41, 5.74) is 6.04. The molecule has 1 unspecified atom stereocenters.